The van der Waals surface area contributed by atoms with Crippen LogP contribution in [0.4, 0.5) is 17.1 Å². The average Bonchev–Trinajstić information content (AvgIpc) is 3.74. The second kappa shape index (κ2) is 12.3. The lowest BCUT2D eigenvalue weighted by Gasteiger charge is -2.26. The summed E-state index contributed by atoms with van der Waals surface area (Å²) in [6.07, 6.45) is 9.09. The van der Waals surface area contributed by atoms with Crippen molar-refractivity contribution >= 4 is 76.0 Å². The molecule has 0 aliphatic heterocycles. The molecule has 3 heteroatoms. The van der Waals surface area contributed by atoms with Crippen molar-refractivity contribution in [2.24, 2.45) is 0 Å². The van der Waals surface area contributed by atoms with E-state index in [4.69, 9.17) is 0 Å². The number of rotatable bonds is 6. The van der Waals surface area contributed by atoms with Gasteiger partial charge in [-0.15, -0.1) is 11.3 Å². The van der Waals surface area contributed by atoms with Crippen molar-refractivity contribution in [3.63, 3.8) is 0 Å². The number of anilines is 3. The summed E-state index contributed by atoms with van der Waals surface area (Å²) in [4.78, 5) is 2.38. The van der Waals surface area contributed by atoms with Crippen LogP contribution in [0.5, 0.6) is 0 Å². The maximum atomic E-state index is 2.38. The number of aromatic nitrogens is 1. The van der Waals surface area contributed by atoms with Crippen molar-refractivity contribution in [2.45, 2.75) is 12.8 Å². The van der Waals surface area contributed by atoms with E-state index in [1.54, 1.807) is 0 Å². The van der Waals surface area contributed by atoms with E-state index in [-0.39, 0.29) is 0 Å². The summed E-state index contributed by atoms with van der Waals surface area (Å²) in [7, 11) is 0. The van der Waals surface area contributed by atoms with Crippen LogP contribution in [0.15, 0.2) is 182 Å². The highest BCUT2D eigenvalue weighted by Crippen LogP contribution is 2.41. The number of hydrogen-bond acceptors (Lipinski definition) is 2. The topological polar surface area (TPSA) is 8.17 Å². The van der Waals surface area contributed by atoms with E-state index < -0.39 is 0 Å². The summed E-state index contributed by atoms with van der Waals surface area (Å²) in [6.45, 7) is 0. The van der Waals surface area contributed by atoms with E-state index in [2.05, 4.69) is 191 Å². The fraction of sp³-hybridized carbons (Fsp3) is 0.0417. The molecule has 0 radical (unpaired) electrons. The summed E-state index contributed by atoms with van der Waals surface area (Å²) in [5, 5.41) is 5.19. The molecule has 0 amide bonds. The number of hydrogen-bond donors (Lipinski definition) is 0. The second-order valence-corrected chi connectivity index (χ2v) is 14.3. The summed E-state index contributed by atoms with van der Waals surface area (Å²) < 4.78 is 4.99. The molecule has 242 valence electrons. The van der Waals surface area contributed by atoms with Crippen molar-refractivity contribution in [3.05, 3.63) is 188 Å². The van der Waals surface area contributed by atoms with Crippen LogP contribution >= 0.6 is 11.3 Å². The molecular formula is C48H34N2S. The molecule has 2 heterocycles. The normalized spacial score (nSPS) is 13.0. The van der Waals surface area contributed by atoms with Crippen LogP contribution in [0.2, 0.25) is 0 Å². The van der Waals surface area contributed by atoms with Gasteiger partial charge in [-0.05, 0) is 102 Å². The van der Waals surface area contributed by atoms with Gasteiger partial charge in [-0.3, -0.25) is 0 Å². The van der Waals surface area contributed by atoms with E-state index in [0.717, 1.165) is 29.9 Å². The van der Waals surface area contributed by atoms with Gasteiger partial charge in [-0.2, -0.15) is 0 Å². The van der Waals surface area contributed by atoms with Gasteiger partial charge < -0.3 is 9.47 Å². The zero-order chi connectivity index (χ0) is 33.7. The number of allylic oxidation sites excluding steroid dienone is 4. The number of nitrogens with zero attached hydrogens (tertiary/aromatic N) is 2. The third-order valence-corrected chi connectivity index (χ3v) is 11.4. The van der Waals surface area contributed by atoms with Crippen LogP contribution in [0.25, 0.3) is 64.4 Å². The Kier molecular flexibility index (Phi) is 7.18. The van der Waals surface area contributed by atoms with Gasteiger partial charge >= 0.3 is 0 Å². The predicted molar refractivity (Wildman–Crippen MR) is 220 cm³/mol. The van der Waals surface area contributed by atoms with Gasteiger partial charge in [-0.25, -0.2) is 0 Å². The molecule has 7 aromatic carbocycles. The fourth-order valence-corrected chi connectivity index (χ4v) is 8.88. The Balaban J connectivity index is 1.02. The molecule has 2 aromatic heterocycles. The molecule has 10 rings (SSSR count). The summed E-state index contributed by atoms with van der Waals surface area (Å²) in [5.74, 6) is 0. The molecule has 0 saturated heterocycles. The Bertz CT molecular complexity index is 2720. The molecule has 0 fully saturated rings. The Morgan fingerprint density at radius 2 is 1.00 bits per heavy atom. The minimum atomic E-state index is 1.10. The molecule has 0 unspecified atom stereocenters. The molecule has 0 bridgehead atoms. The summed E-state index contributed by atoms with van der Waals surface area (Å²) >= 11 is 1.86. The zero-order valence-corrected chi connectivity index (χ0v) is 28.9. The fourth-order valence-electron chi connectivity index (χ4n) is 7.74. The lowest BCUT2D eigenvalue weighted by Crippen LogP contribution is -2.09. The molecule has 1 aliphatic rings. The van der Waals surface area contributed by atoms with Crippen LogP contribution in [0.3, 0.4) is 0 Å². The van der Waals surface area contributed by atoms with E-state index in [9.17, 15) is 0 Å². The van der Waals surface area contributed by atoms with Crippen molar-refractivity contribution < 1.29 is 0 Å². The van der Waals surface area contributed by atoms with Crippen molar-refractivity contribution in [1.82, 2.24) is 4.57 Å². The molecule has 0 spiro atoms. The third-order valence-electron chi connectivity index (χ3n) is 10.2. The Morgan fingerprint density at radius 1 is 0.451 bits per heavy atom. The minimum absolute atomic E-state index is 1.10. The molecule has 0 atom stereocenters. The van der Waals surface area contributed by atoms with Crippen LogP contribution in [-0.4, -0.2) is 4.57 Å². The van der Waals surface area contributed by atoms with Gasteiger partial charge in [0, 0.05) is 53.7 Å². The third kappa shape index (κ3) is 5.17. The average molecular weight is 671 g/mol. The molecule has 2 nitrogen and oxygen atoms in total. The minimum Gasteiger partial charge on any atom is -0.310 e. The predicted octanol–water partition coefficient (Wildman–Crippen LogP) is 14.0. The summed E-state index contributed by atoms with van der Waals surface area (Å²) in [5.41, 5.74) is 12.0. The molecular weight excluding hydrogens is 637 g/mol. The summed E-state index contributed by atoms with van der Waals surface area (Å²) in [6, 6.07) is 60.0. The quantitative estimate of drug-likeness (QED) is 0.171. The molecule has 0 saturated carbocycles. The van der Waals surface area contributed by atoms with Crippen LogP contribution in [-0.2, 0) is 0 Å². The highest BCUT2D eigenvalue weighted by molar-refractivity contribution is 7.25. The maximum Gasteiger partial charge on any atom is 0.0541 e. The van der Waals surface area contributed by atoms with E-state index in [1.165, 1.54) is 69.9 Å². The lowest BCUT2D eigenvalue weighted by atomic mass is 9.99. The van der Waals surface area contributed by atoms with Crippen molar-refractivity contribution in [1.29, 1.82) is 0 Å². The van der Waals surface area contributed by atoms with Gasteiger partial charge in [-0.1, -0.05) is 115 Å². The Hall–Kier alpha value is -6.16. The van der Waals surface area contributed by atoms with E-state index in [0.29, 0.717) is 0 Å². The first-order chi connectivity index (χ1) is 25.3. The maximum absolute atomic E-state index is 2.38. The first kappa shape index (κ1) is 29.7. The van der Waals surface area contributed by atoms with Crippen LogP contribution < -0.4 is 4.90 Å². The van der Waals surface area contributed by atoms with Crippen molar-refractivity contribution in [3.8, 4) is 16.8 Å². The first-order valence-electron chi connectivity index (χ1n) is 17.7. The largest absolute Gasteiger partial charge is 0.310 e. The Labute approximate surface area is 301 Å². The van der Waals surface area contributed by atoms with Gasteiger partial charge in [0.15, 0.2) is 0 Å². The molecule has 1 aliphatic carbocycles. The van der Waals surface area contributed by atoms with Gasteiger partial charge in [0.1, 0.15) is 0 Å². The first-order valence-corrected chi connectivity index (χ1v) is 18.5. The number of para-hydroxylation sites is 2. The number of benzene rings is 7. The van der Waals surface area contributed by atoms with Gasteiger partial charge in [0.05, 0.1) is 11.0 Å². The smallest absolute Gasteiger partial charge is 0.0541 e. The number of thiophene rings is 1. The molecule has 9 aromatic rings. The van der Waals surface area contributed by atoms with E-state index >= 15 is 0 Å². The zero-order valence-electron chi connectivity index (χ0n) is 28.0. The second-order valence-electron chi connectivity index (χ2n) is 13.3. The lowest BCUT2D eigenvalue weighted by molar-refractivity contribution is 1.04. The van der Waals surface area contributed by atoms with Crippen LogP contribution in [0, 0.1) is 0 Å². The standard InChI is InChI=1S/C48H34N2S/c1-2-10-33(11-3-1)34-18-24-37(25-19-34)49(40-30-31-44-43-14-6-9-17-47(43)51-48(44)32-40)38-26-20-35(21-27-38)36-22-28-39(29-23-36)50-45-15-7-4-12-41(45)42-13-5-8-16-46(42)50/h2,4-32H,1,3H2. The van der Waals surface area contributed by atoms with E-state index in [1.807, 2.05) is 11.3 Å². The Morgan fingerprint density at radius 3 is 1.65 bits per heavy atom. The highest BCUT2D eigenvalue weighted by atomic mass is 32.1. The number of fused-ring (bicyclic) bond motifs is 6. The van der Waals surface area contributed by atoms with Crippen molar-refractivity contribution in [2.75, 3.05) is 4.90 Å². The van der Waals surface area contributed by atoms with Gasteiger partial charge in [0.25, 0.3) is 0 Å². The molecule has 51 heavy (non-hydrogen) atoms. The SMILES string of the molecule is C1=CC(c2ccc(N(c3ccc(-c4ccc(-n5c6ccccc6c6ccccc65)cc4)cc3)c3ccc4c(c3)sc3ccccc34)cc2)=CCC1. The monoisotopic (exact) mass is 670 g/mol. The van der Waals surface area contributed by atoms with Gasteiger partial charge in [0.2, 0.25) is 0 Å². The molecule has 0 N–H and O–H groups in total. The van der Waals surface area contributed by atoms with Crippen LogP contribution in [0.1, 0.15) is 18.4 Å². The highest BCUT2D eigenvalue weighted by Gasteiger charge is 2.16.